The van der Waals surface area contributed by atoms with Crippen LogP contribution in [0.1, 0.15) is 64.7 Å². The molecule has 0 nitrogen and oxygen atoms in total. The molecule has 0 N–H and O–H groups in total. The van der Waals surface area contributed by atoms with E-state index in [-0.39, 0.29) is 5.92 Å². The zero-order valence-corrected chi connectivity index (χ0v) is 12.5. The molecule has 0 unspecified atom stereocenters. The zero-order chi connectivity index (χ0) is 14.6. The largest absolute Gasteiger partial charge is 0.409 e. The molecule has 0 aromatic carbocycles. The Bertz CT molecular complexity index is 303. The maximum absolute atomic E-state index is 12.2. The lowest BCUT2D eigenvalue weighted by Crippen LogP contribution is -2.25. The first-order valence-electron chi connectivity index (χ1n) is 8.24. The second-order valence-corrected chi connectivity index (χ2v) is 6.76. The van der Waals surface area contributed by atoms with Gasteiger partial charge in [-0.15, -0.1) is 0 Å². The van der Waals surface area contributed by atoms with Gasteiger partial charge in [-0.05, 0) is 62.2 Å². The van der Waals surface area contributed by atoms with Gasteiger partial charge in [-0.25, -0.2) is 0 Å². The van der Waals surface area contributed by atoms with Crippen LogP contribution in [0.25, 0.3) is 0 Å². The zero-order valence-electron chi connectivity index (χ0n) is 12.5. The Morgan fingerprint density at radius 3 is 1.80 bits per heavy atom. The standard InChI is InChI=1S/C17H27F3/c1-2-13-3-7-15(8-4-13)16-9-5-14(6-10-16)11-12-17(18,19)20/h11-16H,2-10H2,1H3/t13-,14-,15-,16-. The van der Waals surface area contributed by atoms with Crippen molar-refractivity contribution in [1.29, 1.82) is 0 Å². The number of allylic oxidation sites excluding steroid dienone is 2. The monoisotopic (exact) mass is 288 g/mol. The van der Waals surface area contributed by atoms with E-state index in [9.17, 15) is 13.2 Å². The van der Waals surface area contributed by atoms with E-state index in [2.05, 4.69) is 6.92 Å². The van der Waals surface area contributed by atoms with Gasteiger partial charge in [0, 0.05) is 6.08 Å². The lowest BCUT2D eigenvalue weighted by atomic mass is 9.69. The quantitative estimate of drug-likeness (QED) is 0.548. The van der Waals surface area contributed by atoms with Gasteiger partial charge in [-0.1, -0.05) is 32.3 Å². The molecule has 20 heavy (non-hydrogen) atoms. The molecule has 116 valence electrons. The number of alkyl halides is 3. The minimum atomic E-state index is -4.14. The summed E-state index contributed by atoms with van der Waals surface area (Å²) in [5, 5.41) is 0. The van der Waals surface area contributed by atoms with Crippen molar-refractivity contribution in [3.05, 3.63) is 12.2 Å². The Labute approximate surface area is 120 Å². The van der Waals surface area contributed by atoms with E-state index in [4.69, 9.17) is 0 Å². The molecule has 0 atom stereocenters. The van der Waals surface area contributed by atoms with Gasteiger partial charge in [0.05, 0.1) is 0 Å². The molecule has 3 heteroatoms. The van der Waals surface area contributed by atoms with Crippen LogP contribution >= 0.6 is 0 Å². The van der Waals surface area contributed by atoms with Crippen LogP contribution in [0.3, 0.4) is 0 Å². The predicted molar refractivity (Wildman–Crippen MR) is 76.4 cm³/mol. The lowest BCUT2D eigenvalue weighted by Gasteiger charge is -2.37. The lowest BCUT2D eigenvalue weighted by molar-refractivity contribution is -0.0803. The van der Waals surface area contributed by atoms with Crippen molar-refractivity contribution in [3.63, 3.8) is 0 Å². The summed E-state index contributed by atoms with van der Waals surface area (Å²) in [5.41, 5.74) is 0. The van der Waals surface area contributed by atoms with Gasteiger partial charge >= 0.3 is 6.18 Å². The molecule has 0 aromatic rings. The van der Waals surface area contributed by atoms with E-state index < -0.39 is 6.18 Å². The van der Waals surface area contributed by atoms with Crippen molar-refractivity contribution in [2.75, 3.05) is 0 Å². The van der Waals surface area contributed by atoms with Crippen LogP contribution in [0, 0.1) is 23.7 Å². The average Bonchev–Trinajstić information content (AvgIpc) is 2.45. The molecule has 2 rings (SSSR count). The molecule has 0 saturated heterocycles. The van der Waals surface area contributed by atoms with Gasteiger partial charge in [-0.3, -0.25) is 0 Å². The van der Waals surface area contributed by atoms with E-state index in [0.717, 1.165) is 43.4 Å². The maximum Gasteiger partial charge on any atom is 0.409 e. The molecule has 0 bridgehead atoms. The van der Waals surface area contributed by atoms with Gasteiger partial charge in [0.1, 0.15) is 0 Å². The highest BCUT2D eigenvalue weighted by molar-refractivity contribution is 4.96. The third-order valence-electron chi connectivity index (χ3n) is 5.51. The fraction of sp³-hybridized carbons (Fsp3) is 0.882. The van der Waals surface area contributed by atoms with Crippen LogP contribution in [0.2, 0.25) is 0 Å². The summed E-state index contributed by atoms with van der Waals surface area (Å²) in [5.74, 6) is 2.71. The number of halogens is 3. The highest BCUT2D eigenvalue weighted by Crippen LogP contribution is 2.42. The maximum atomic E-state index is 12.2. The first-order chi connectivity index (χ1) is 9.48. The number of rotatable bonds is 3. The van der Waals surface area contributed by atoms with Crippen LogP contribution < -0.4 is 0 Å². The van der Waals surface area contributed by atoms with Crippen LogP contribution in [-0.4, -0.2) is 6.18 Å². The van der Waals surface area contributed by atoms with E-state index >= 15 is 0 Å². The molecular weight excluding hydrogens is 261 g/mol. The average molecular weight is 288 g/mol. The second kappa shape index (κ2) is 7.00. The summed E-state index contributed by atoms with van der Waals surface area (Å²) in [6, 6.07) is 0. The number of hydrogen-bond acceptors (Lipinski definition) is 0. The molecule has 2 saturated carbocycles. The van der Waals surface area contributed by atoms with Gasteiger partial charge in [-0.2, -0.15) is 13.2 Å². The first-order valence-corrected chi connectivity index (χ1v) is 8.24. The summed E-state index contributed by atoms with van der Waals surface area (Å²) in [7, 11) is 0. The van der Waals surface area contributed by atoms with Crippen molar-refractivity contribution < 1.29 is 13.2 Å². The Hall–Kier alpha value is -0.470. The Morgan fingerprint density at radius 2 is 1.35 bits per heavy atom. The van der Waals surface area contributed by atoms with Crippen LogP contribution in [0.15, 0.2) is 12.2 Å². The summed E-state index contributed by atoms with van der Waals surface area (Å²) >= 11 is 0. The SMILES string of the molecule is CC[C@H]1CC[C@H]([C@H]2CC[C@H](C=CC(F)(F)F)CC2)CC1. The minimum Gasteiger partial charge on any atom is -0.167 e. The van der Waals surface area contributed by atoms with Crippen molar-refractivity contribution >= 4 is 0 Å². The third-order valence-corrected chi connectivity index (χ3v) is 5.51. The smallest absolute Gasteiger partial charge is 0.167 e. The minimum absolute atomic E-state index is 0.153. The molecule has 0 radical (unpaired) electrons. The molecule has 2 fully saturated rings. The van der Waals surface area contributed by atoms with Gasteiger partial charge in [0.15, 0.2) is 0 Å². The highest BCUT2D eigenvalue weighted by atomic mass is 19.4. The van der Waals surface area contributed by atoms with Crippen LogP contribution in [-0.2, 0) is 0 Å². The normalized spacial score (nSPS) is 36.4. The van der Waals surface area contributed by atoms with Crippen LogP contribution in [0.4, 0.5) is 13.2 Å². The molecule has 0 heterocycles. The Morgan fingerprint density at radius 1 is 0.850 bits per heavy atom. The van der Waals surface area contributed by atoms with E-state index in [0.29, 0.717) is 6.08 Å². The van der Waals surface area contributed by atoms with E-state index in [1.54, 1.807) is 0 Å². The molecule has 0 aliphatic heterocycles. The van der Waals surface area contributed by atoms with Gasteiger partial charge in [0.25, 0.3) is 0 Å². The summed E-state index contributed by atoms with van der Waals surface area (Å²) in [4.78, 5) is 0. The molecule has 0 spiro atoms. The van der Waals surface area contributed by atoms with E-state index in [1.807, 2.05) is 0 Å². The first kappa shape index (κ1) is 15.9. The highest BCUT2D eigenvalue weighted by Gasteiger charge is 2.30. The molecule has 0 aromatic heterocycles. The summed E-state index contributed by atoms with van der Waals surface area (Å²) in [6.07, 6.45) is 8.60. The molecule has 2 aliphatic carbocycles. The van der Waals surface area contributed by atoms with Crippen molar-refractivity contribution in [2.45, 2.75) is 70.9 Å². The van der Waals surface area contributed by atoms with E-state index in [1.165, 1.54) is 38.2 Å². The Kier molecular flexibility index (Phi) is 5.57. The van der Waals surface area contributed by atoms with Gasteiger partial charge < -0.3 is 0 Å². The van der Waals surface area contributed by atoms with Gasteiger partial charge in [0.2, 0.25) is 0 Å². The summed E-state index contributed by atoms with van der Waals surface area (Å²) in [6.45, 7) is 2.28. The van der Waals surface area contributed by atoms with Crippen LogP contribution in [0.5, 0.6) is 0 Å². The fourth-order valence-electron chi connectivity index (χ4n) is 4.12. The predicted octanol–water partition coefficient (Wildman–Crippen LogP) is 6.13. The summed E-state index contributed by atoms with van der Waals surface area (Å²) < 4.78 is 36.5. The Balaban J connectivity index is 1.73. The second-order valence-electron chi connectivity index (χ2n) is 6.76. The molecule has 2 aliphatic rings. The van der Waals surface area contributed by atoms with Crippen molar-refractivity contribution in [2.24, 2.45) is 23.7 Å². The number of hydrogen-bond donors (Lipinski definition) is 0. The van der Waals surface area contributed by atoms with Crippen molar-refractivity contribution in [1.82, 2.24) is 0 Å². The third kappa shape index (κ3) is 4.82. The molecule has 0 amide bonds. The molecular formula is C17H27F3. The fourth-order valence-corrected chi connectivity index (χ4v) is 4.12. The topological polar surface area (TPSA) is 0 Å². The van der Waals surface area contributed by atoms with Crippen molar-refractivity contribution in [3.8, 4) is 0 Å².